The summed E-state index contributed by atoms with van der Waals surface area (Å²) in [5, 5.41) is 8.57. The standard InChI is InChI=1S/C16H18N6O/c1-12-10-15(22-14(19-12)6-8-18-22)20-9-3-4-13(20)11-21-16(23)5-2-7-17-21/h2,5-8,10,13H,3-4,9,11H2,1H3. The number of aryl methyl sites for hydroxylation is 1. The summed E-state index contributed by atoms with van der Waals surface area (Å²) in [4.78, 5) is 18.7. The van der Waals surface area contributed by atoms with Crippen molar-refractivity contribution in [2.45, 2.75) is 32.4 Å². The minimum absolute atomic E-state index is 0.0607. The zero-order valence-electron chi connectivity index (χ0n) is 13.0. The topological polar surface area (TPSA) is 68.3 Å². The largest absolute Gasteiger partial charge is 0.352 e. The molecule has 0 N–H and O–H groups in total. The molecule has 0 radical (unpaired) electrons. The summed E-state index contributed by atoms with van der Waals surface area (Å²) in [5.74, 6) is 1.03. The van der Waals surface area contributed by atoms with Gasteiger partial charge in [-0.05, 0) is 25.8 Å². The molecule has 7 nitrogen and oxygen atoms in total. The van der Waals surface area contributed by atoms with Gasteiger partial charge in [0.1, 0.15) is 5.82 Å². The molecule has 1 atom stereocenters. The highest BCUT2D eigenvalue weighted by Crippen LogP contribution is 2.26. The van der Waals surface area contributed by atoms with Crippen molar-refractivity contribution in [2.24, 2.45) is 0 Å². The Kier molecular flexibility index (Phi) is 3.33. The SMILES string of the molecule is Cc1cc(N2CCCC2Cn2ncccc2=O)n2nccc2n1. The molecule has 118 valence electrons. The number of anilines is 1. The average molecular weight is 310 g/mol. The van der Waals surface area contributed by atoms with Crippen molar-refractivity contribution in [1.82, 2.24) is 24.4 Å². The Labute approximate surface area is 133 Å². The zero-order valence-corrected chi connectivity index (χ0v) is 13.0. The van der Waals surface area contributed by atoms with E-state index in [1.807, 2.05) is 17.5 Å². The van der Waals surface area contributed by atoms with E-state index in [1.54, 1.807) is 24.5 Å². The smallest absolute Gasteiger partial charge is 0.266 e. The third-order valence-electron chi connectivity index (χ3n) is 4.31. The molecule has 0 amide bonds. The molecule has 4 rings (SSSR count). The molecule has 0 spiro atoms. The van der Waals surface area contributed by atoms with E-state index >= 15 is 0 Å². The molecule has 4 heterocycles. The fourth-order valence-corrected chi connectivity index (χ4v) is 3.27. The van der Waals surface area contributed by atoms with E-state index in [0.29, 0.717) is 6.54 Å². The van der Waals surface area contributed by atoms with Gasteiger partial charge in [-0.15, -0.1) is 0 Å². The molecule has 1 aliphatic rings. The lowest BCUT2D eigenvalue weighted by molar-refractivity contribution is 0.485. The van der Waals surface area contributed by atoms with Crippen molar-refractivity contribution >= 4 is 11.5 Å². The van der Waals surface area contributed by atoms with Crippen molar-refractivity contribution in [1.29, 1.82) is 0 Å². The first-order valence-corrected chi connectivity index (χ1v) is 7.82. The van der Waals surface area contributed by atoms with Gasteiger partial charge in [0.2, 0.25) is 0 Å². The Hall–Kier alpha value is -2.70. The van der Waals surface area contributed by atoms with Gasteiger partial charge >= 0.3 is 0 Å². The minimum Gasteiger partial charge on any atom is -0.352 e. The Morgan fingerprint density at radius 1 is 1.26 bits per heavy atom. The van der Waals surface area contributed by atoms with Gasteiger partial charge in [-0.2, -0.15) is 14.7 Å². The summed E-state index contributed by atoms with van der Waals surface area (Å²) in [6.07, 6.45) is 5.55. The summed E-state index contributed by atoms with van der Waals surface area (Å²) in [7, 11) is 0. The third kappa shape index (κ3) is 2.48. The van der Waals surface area contributed by atoms with Crippen molar-refractivity contribution in [3.63, 3.8) is 0 Å². The van der Waals surface area contributed by atoms with Crippen LogP contribution in [0, 0.1) is 6.92 Å². The van der Waals surface area contributed by atoms with E-state index in [0.717, 1.165) is 36.5 Å². The van der Waals surface area contributed by atoms with Crippen LogP contribution in [0.25, 0.3) is 5.65 Å². The molecule has 1 aliphatic heterocycles. The predicted octanol–water partition coefficient (Wildman–Crippen LogP) is 1.26. The number of hydrogen-bond donors (Lipinski definition) is 0. The number of rotatable bonds is 3. The summed E-state index contributed by atoms with van der Waals surface area (Å²) in [6, 6.07) is 7.42. The van der Waals surface area contributed by atoms with E-state index in [2.05, 4.69) is 26.1 Å². The van der Waals surface area contributed by atoms with Gasteiger partial charge in [-0.1, -0.05) is 0 Å². The van der Waals surface area contributed by atoms with E-state index < -0.39 is 0 Å². The lowest BCUT2D eigenvalue weighted by Crippen LogP contribution is -2.37. The lowest BCUT2D eigenvalue weighted by Gasteiger charge is -2.27. The van der Waals surface area contributed by atoms with Crippen LogP contribution in [0.15, 0.2) is 41.5 Å². The highest BCUT2D eigenvalue weighted by molar-refractivity contribution is 5.51. The molecule has 1 fully saturated rings. The molecule has 0 saturated carbocycles. The Bertz CT molecular complexity index is 899. The van der Waals surface area contributed by atoms with E-state index in [4.69, 9.17) is 0 Å². The molecular weight excluding hydrogens is 292 g/mol. The summed E-state index contributed by atoms with van der Waals surface area (Å²) >= 11 is 0. The zero-order chi connectivity index (χ0) is 15.8. The van der Waals surface area contributed by atoms with E-state index in [-0.39, 0.29) is 11.6 Å². The van der Waals surface area contributed by atoms with Gasteiger partial charge in [-0.25, -0.2) is 9.67 Å². The second kappa shape index (κ2) is 5.49. The maximum atomic E-state index is 11.9. The van der Waals surface area contributed by atoms with Crippen LogP contribution in [0.1, 0.15) is 18.5 Å². The first kappa shape index (κ1) is 13.9. The van der Waals surface area contributed by atoms with Crippen LogP contribution < -0.4 is 10.5 Å². The summed E-state index contributed by atoms with van der Waals surface area (Å²) in [5.41, 5.74) is 1.75. The van der Waals surface area contributed by atoms with Crippen LogP contribution in [-0.4, -0.2) is 37.0 Å². The lowest BCUT2D eigenvalue weighted by atomic mass is 10.2. The van der Waals surface area contributed by atoms with Gasteiger partial charge in [0.25, 0.3) is 5.56 Å². The normalized spacial score (nSPS) is 18.0. The average Bonchev–Trinajstić information content (AvgIpc) is 3.17. The maximum Gasteiger partial charge on any atom is 0.266 e. The first-order valence-electron chi connectivity index (χ1n) is 7.82. The number of fused-ring (bicyclic) bond motifs is 1. The fourth-order valence-electron chi connectivity index (χ4n) is 3.27. The van der Waals surface area contributed by atoms with Crippen LogP contribution in [0.3, 0.4) is 0 Å². The van der Waals surface area contributed by atoms with Gasteiger partial charge in [-0.3, -0.25) is 4.79 Å². The van der Waals surface area contributed by atoms with Crippen LogP contribution in [0.2, 0.25) is 0 Å². The molecule has 1 saturated heterocycles. The third-order valence-corrected chi connectivity index (χ3v) is 4.31. The van der Waals surface area contributed by atoms with Gasteiger partial charge in [0.15, 0.2) is 5.65 Å². The monoisotopic (exact) mass is 310 g/mol. The maximum absolute atomic E-state index is 11.9. The second-order valence-corrected chi connectivity index (χ2v) is 5.89. The van der Waals surface area contributed by atoms with Crippen molar-refractivity contribution < 1.29 is 0 Å². The van der Waals surface area contributed by atoms with Gasteiger partial charge in [0.05, 0.1) is 18.8 Å². The molecule has 3 aromatic heterocycles. The molecule has 1 unspecified atom stereocenters. The fraction of sp³-hybridized carbons (Fsp3) is 0.375. The Balaban J connectivity index is 1.71. The van der Waals surface area contributed by atoms with Gasteiger partial charge in [0, 0.05) is 36.6 Å². The Morgan fingerprint density at radius 2 is 2.17 bits per heavy atom. The number of nitrogens with zero attached hydrogens (tertiary/aromatic N) is 6. The highest BCUT2D eigenvalue weighted by Gasteiger charge is 2.27. The summed E-state index contributed by atoms with van der Waals surface area (Å²) < 4.78 is 3.41. The predicted molar refractivity (Wildman–Crippen MR) is 86.6 cm³/mol. The van der Waals surface area contributed by atoms with Gasteiger partial charge < -0.3 is 4.90 Å². The molecule has 3 aromatic rings. The molecule has 23 heavy (non-hydrogen) atoms. The molecule has 7 heteroatoms. The highest BCUT2D eigenvalue weighted by atomic mass is 16.1. The van der Waals surface area contributed by atoms with Crippen LogP contribution >= 0.6 is 0 Å². The van der Waals surface area contributed by atoms with E-state index in [9.17, 15) is 4.79 Å². The minimum atomic E-state index is -0.0607. The molecule has 0 aromatic carbocycles. The number of aromatic nitrogens is 5. The Morgan fingerprint density at radius 3 is 3.04 bits per heavy atom. The number of hydrogen-bond acceptors (Lipinski definition) is 5. The van der Waals surface area contributed by atoms with Crippen molar-refractivity contribution in [3.05, 3.63) is 52.7 Å². The van der Waals surface area contributed by atoms with Crippen molar-refractivity contribution in [3.8, 4) is 0 Å². The van der Waals surface area contributed by atoms with E-state index in [1.165, 1.54) is 4.68 Å². The van der Waals surface area contributed by atoms with Crippen LogP contribution in [0.4, 0.5) is 5.82 Å². The molecular formula is C16H18N6O. The van der Waals surface area contributed by atoms with Crippen molar-refractivity contribution in [2.75, 3.05) is 11.4 Å². The molecule has 0 aliphatic carbocycles. The van der Waals surface area contributed by atoms with Crippen LogP contribution in [0.5, 0.6) is 0 Å². The second-order valence-electron chi connectivity index (χ2n) is 5.89. The molecule has 0 bridgehead atoms. The van der Waals surface area contributed by atoms with Crippen LogP contribution in [-0.2, 0) is 6.54 Å². The summed E-state index contributed by atoms with van der Waals surface area (Å²) in [6.45, 7) is 3.53. The quantitative estimate of drug-likeness (QED) is 0.728. The first-order chi connectivity index (χ1) is 11.2.